The number of nitrogen functional groups attached to an aromatic ring is 1. The molecule has 0 atom stereocenters. The highest BCUT2D eigenvalue weighted by Gasteiger charge is 1.94. The molecule has 0 aliphatic rings. The van der Waals surface area contributed by atoms with Gasteiger partial charge in [-0.3, -0.25) is 0 Å². The number of para-hydroxylation sites is 1. The molecule has 1 nitrogen and oxygen atoms in total. The number of anilines is 1. The molecular formula is C12H12N-. The molecular weight excluding hydrogens is 158 g/mol. The van der Waals surface area contributed by atoms with Gasteiger partial charge in [0.15, 0.2) is 0 Å². The highest BCUT2D eigenvalue weighted by atomic mass is 14.6. The molecule has 0 unspecified atom stereocenters. The van der Waals surface area contributed by atoms with Gasteiger partial charge in [-0.25, -0.2) is 6.07 Å². The molecule has 0 radical (unpaired) electrons. The first-order chi connectivity index (χ1) is 6.36. The molecule has 2 aromatic rings. The minimum absolute atomic E-state index is 0.878. The molecule has 0 saturated carbocycles. The van der Waals surface area contributed by atoms with Crippen molar-refractivity contribution in [1.82, 2.24) is 0 Å². The van der Waals surface area contributed by atoms with E-state index in [0.717, 1.165) is 12.1 Å². The van der Waals surface area contributed by atoms with Crippen molar-refractivity contribution in [2.45, 2.75) is 6.42 Å². The van der Waals surface area contributed by atoms with Crippen LogP contribution in [0.2, 0.25) is 0 Å². The second kappa shape index (κ2) is 3.40. The maximum absolute atomic E-state index is 5.84. The summed E-state index contributed by atoms with van der Waals surface area (Å²) in [6, 6.07) is 16.3. The monoisotopic (exact) mass is 170 g/mol. The molecule has 2 rings (SSSR count). The van der Waals surface area contributed by atoms with Crippen LogP contribution in [-0.4, -0.2) is 0 Å². The van der Waals surface area contributed by atoms with Crippen LogP contribution in [0.1, 0.15) is 11.1 Å². The van der Waals surface area contributed by atoms with Crippen molar-refractivity contribution in [2.75, 3.05) is 5.73 Å². The van der Waals surface area contributed by atoms with E-state index >= 15 is 0 Å². The van der Waals surface area contributed by atoms with Gasteiger partial charge in [0.2, 0.25) is 0 Å². The smallest absolute Gasteiger partial charge is 0.0339 e. The van der Waals surface area contributed by atoms with E-state index in [2.05, 4.69) is 30.3 Å². The van der Waals surface area contributed by atoms with Crippen molar-refractivity contribution >= 4 is 5.69 Å². The first kappa shape index (κ1) is 7.99. The van der Waals surface area contributed by atoms with Crippen LogP contribution in [0.15, 0.2) is 48.5 Å². The molecule has 0 saturated heterocycles. The fraction of sp³-hybridized carbons (Fsp3) is 0.0833. The molecule has 2 N–H and O–H groups in total. The molecule has 13 heavy (non-hydrogen) atoms. The Kier molecular flexibility index (Phi) is 2.09. The van der Waals surface area contributed by atoms with Crippen molar-refractivity contribution < 1.29 is 0 Å². The van der Waals surface area contributed by atoms with E-state index in [0.29, 0.717) is 0 Å². The van der Waals surface area contributed by atoms with E-state index in [1.807, 2.05) is 18.2 Å². The van der Waals surface area contributed by atoms with Gasteiger partial charge in [-0.2, -0.15) is 23.8 Å². The predicted octanol–water partition coefficient (Wildman–Crippen LogP) is 2.58. The molecule has 2 aromatic carbocycles. The standard InChI is InChI=1S/C12H12N/c13-12-8-4-3-7-11(12)9-10-5-1-2-6-10/h1-8H,9,13H2/q-1. The summed E-state index contributed by atoms with van der Waals surface area (Å²) in [4.78, 5) is 0. The average Bonchev–Trinajstić information content (AvgIpc) is 2.61. The second-order valence-electron chi connectivity index (χ2n) is 3.17. The van der Waals surface area contributed by atoms with Gasteiger partial charge >= 0.3 is 0 Å². The van der Waals surface area contributed by atoms with Crippen LogP contribution in [0.25, 0.3) is 0 Å². The van der Waals surface area contributed by atoms with E-state index in [9.17, 15) is 0 Å². The Morgan fingerprint density at radius 2 is 2.00 bits per heavy atom. The van der Waals surface area contributed by atoms with Gasteiger partial charge in [0, 0.05) is 5.69 Å². The van der Waals surface area contributed by atoms with Gasteiger partial charge in [-0.1, -0.05) is 24.6 Å². The summed E-state index contributed by atoms with van der Waals surface area (Å²) in [5, 5.41) is 0. The molecule has 0 fully saturated rings. The quantitative estimate of drug-likeness (QED) is 0.544. The Balaban J connectivity index is 2.24. The lowest BCUT2D eigenvalue weighted by Crippen LogP contribution is -1.93. The van der Waals surface area contributed by atoms with E-state index in [1.54, 1.807) is 0 Å². The average molecular weight is 170 g/mol. The molecule has 0 amide bonds. The van der Waals surface area contributed by atoms with Crippen molar-refractivity contribution in [3.8, 4) is 0 Å². The minimum Gasteiger partial charge on any atom is -0.399 e. The SMILES string of the molecule is Nc1ccccc1Cc1cc[cH-]c1. The summed E-state index contributed by atoms with van der Waals surface area (Å²) in [5.41, 5.74) is 9.24. The zero-order valence-electron chi connectivity index (χ0n) is 7.40. The molecule has 1 heteroatoms. The van der Waals surface area contributed by atoms with E-state index in [1.165, 1.54) is 11.1 Å². The highest BCUT2D eigenvalue weighted by molar-refractivity contribution is 5.48. The van der Waals surface area contributed by atoms with Crippen LogP contribution in [-0.2, 0) is 6.42 Å². The zero-order valence-corrected chi connectivity index (χ0v) is 7.40. The molecule has 0 heterocycles. The van der Waals surface area contributed by atoms with Gasteiger partial charge < -0.3 is 5.73 Å². The summed E-state index contributed by atoms with van der Waals surface area (Å²) in [6.07, 6.45) is 0.930. The third kappa shape index (κ3) is 1.75. The van der Waals surface area contributed by atoms with E-state index < -0.39 is 0 Å². The summed E-state index contributed by atoms with van der Waals surface area (Å²) in [7, 11) is 0. The molecule has 0 aliphatic heterocycles. The van der Waals surface area contributed by atoms with Crippen LogP contribution in [0.3, 0.4) is 0 Å². The Morgan fingerprint density at radius 1 is 1.15 bits per heavy atom. The van der Waals surface area contributed by atoms with Gasteiger partial charge in [-0.15, -0.1) is 0 Å². The number of rotatable bonds is 2. The molecule has 0 aromatic heterocycles. The number of nitrogens with two attached hydrogens (primary N) is 1. The first-order valence-corrected chi connectivity index (χ1v) is 4.40. The zero-order chi connectivity index (χ0) is 9.10. The van der Waals surface area contributed by atoms with Crippen LogP contribution < -0.4 is 5.73 Å². The van der Waals surface area contributed by atoms with Crippen LogP contribution in [0.5, 0.6) is 0 Å². The lowest BCUT2D eigenvalue weighted by molar-refractivity contribution is 1.21. The highest BCUT2D eigenvalue weighted by Crippen LogP contribution is 2.15. The van der Waals surface area contributed by atoms with E-state index in [4.69, 9.17) is 5.73 Å². The third-order valence-electron chi connectivity index (χ3n) is 2.18. The number of benzene rings is 1. The molecule has 0 spiro atoms. The fourth-order valence-electron chi connectivity index (χ4n) is 1.45. The number of hydrogen-bond acceptors (Lipinski definition) is 1. The third-order valence-corrected chi connectivity index (χ3v) is 2.18. The molecule has 66 valence electrons. The maximum atomic E-state index is 5.84. The maximum Gasteiger partial charge on any atom is 0.0339 e. The second-order valence-corrected chi connectivity index (χ2v) is 3.17. The summed E-state index contributed by atoms with van der Waals surface area (Å²) in [6.45, 7) is 0. The Hall–Kier alpha value is -1.63. The van der Waals surface area contributed by atoms with Crippen molar-refractivity contribution in [1.29, 1.82) is 0 Å². The number of hydrogen-bond donors (Lipinski definition) is 1. The summed E-state index contributed by atoms with van der Waals surface area (Å²) in [5.74, 6) is 0. The van der Waals surface area contributed by atoms with Crippen molar-refractivity contribution in [2.24, 2.45) is 0 Å². The molecule has 0 aliphatic carbocycles. The Bertz CT molecular complexity index is 374. The van der Waals surface area contributed by atoms with Crippen LogP contribution in [0, 0.1) is 0 Å². The summed E-state index contributed by atoms with van der Waals surface area (Å²) >= 11 is 0. The summed E-state index contributed by atoms with van der Waals surface area (Å²) < 4.78 is 0. The topological polar surface area (TPSA) is 26.0 Å². The van der Waals surface area contributed by atoms with Crippen LogP contribution in [0.4, 0.5) is 5.69 Å². The first-order valence-electron chi connectivity index (χ1n) is 4.40. The van der Waals surface area contributed by atoms with Gasteiger partial charge in [0.05, 0.1) is 0 Å². The van der Waals surface area contributed by atoms with Crippen molar-refractivity contribution in [3.05, 3.63) is 59.7 Å². The Labute approximate surface area is 78.2 Å². The predicted molar refractivity (Wildman–Crippen MR) is 55.7 cm³/mol. The minimum atomic E-state index is 0.878. The Morgan fingerprint density at radius 3 is 2.69 bits per heavy atom. The fourth-order valence-corrected chi connectivity index (χ4v) is 1.45. The molecule has 0 bridgehead atoms. The normalized spacial score (nSPS) is 10.2. The van der Waals surface area contributed by atoms with Gasteiger partial charge in [0.1, 0.15) is 0 Å². The lowest BCUT2D eigenvalue weighted by Gasteiger charge is -2.07. The van der Waals surface area contributed by atoms with E-state index in [-0.39, 0.29) is 0 Å². The lowest BCUT2D eigenvalue weighted by atomic mass is 10.1. The van der Waals surface area contributed by atoms with Gasteiger partial charge in [0.25, 0.3) is 0 Å². The largest absolute Gasteiger partial charge is 0.399 e. The van der Waals surface area contributed by atoms with Crippen LogP contribution >= 0.6 is 0 Å². The van der Waals surface area contributed by atoms with Gasteiger partial charge in [-0.05, 0) is 11.6 Å². The van der Waals surface area contributed by atoms with Crippen molar-refractivity contribution in [3.63, 3.8) is 0 Å².